The van der Waals surface area contributed by atoms with Gasteiger partial charge >= 0.3 is 12.2 Å². The number of likely N-dealkylation sites (tertiary alicyclic amines) is 1. The van der Waals surface area contributed by atoms with Crippen molar-refractivity contribution < 1.29 is 28.7 Å². The van der Waals surface area contributed by atoms with E-state index in [9.17, 15) is 19.2 Å². The molecule has 1 spiro atoms. The molecule has 4 amide bonds. The molecule has 14 nitrogen and oxygen atoms in total. The molecule has 14 heteroatoms. The van der Waals surface area contributed by atoms with Crippen molar-refractivity contribution in [3.63, 3.8) is 0 Å². The number of benzene rings is 3. The number of aromatic amines is 2. The number of hydrogen-bond donors (Lipinski definition) is 4. The lowest BCUT2D eigenvalue weighted by Gasteiger charge is -2.31. The van der Waals surface area contributed by atoms with E-state index in [1.807, 2.05) is 29.8 Å². The van der Waals surface area contributed by atoms with E-state index in [2.05, 4.69) is 93.2 Å². The number of fused-ring (bicyclic) bond motifs is 1. The topological polar surface area (TPSA) is 175 Å². The van der Waals surface area contributed by atoms with Crippen LogP contribution in [0.4, 0.5) is 9.59 Å². The molecule has 3 heterocycles. The van der Waals surface area contributed by atoms with Crippen molar-refractivity contribution in [2.45, 2.75) is 96.9 Å². The van der Waals surface area contributed by atoms with Gasteiger partial charge in [-0.15, -0.1) is 0 Å². The number of aromatic nitrogens is 4. The summed E-state index contributed by atoms with van der Waals surface area (Å²) in [6, 6.07) is 19.6. The Morgan fingerprint density at radius 3 is 2.10 bits per heavy atom. The van der Waals surface area contributed by atoms with E-state index in [-0.39, 0.29) is 35.2 Å². The van der Waals surface area contributed by atoms with Gasteiger partial charge in [0.2, 0.25) is 11.8 Å². The zero-order valence-electron chi connectivity index (χ0n) is 35.8. The number of H-pyrrole nitrogens is 2. The summed E-state index contributed by atoms with van der Waals surface area (Å²) in [4.78, 5) is 71.6. The first-order valence-electron chi connectivity index (χ1n) is 21.4. The molecule has 2 saturated carbocycles. The van der Waals surface area contributed by atoms with Crippen molar-refractivity contribution in [2.75, 3.05) is 20.8 Å². The van der Waals surface area contributed by atoms with Gasteiger partial charge in [0.1, 0.15) is 23.7 Å². The number of nitrogens with one attached hydrogen (secondary N) is 4. The number of alkyl carbamates (subject to hydrolysis) is 2. The second kappa shape index (κ2) is 17.1. The molecular formula is C47H56N8O6. The summed E-state index contributed by atoms with van der Waals surface area (Å²) in [5.41, 5.74) is 6.02. The number of ether oxygens (including phenoxy) is 2. The quantitative estimate of drug-likeness (QED) is 0.0979. The number of carbonyl (C=O) groups is 4. The molecule has 3 fully saturated rings. The van der Waals surface area contributed by atoms with Crippen molar-refractivity contribution in [3.05, 3.63) is 84.7 Å². The molecule has 1 aliphatic heterocycles. The Morgan fingerprint density at radius 2 is 1.44 bits per heavy atom. The molecule has 1 saturated heterocycles. The SMILES string of the molecule is COC(=O)NC(C)C(=O)N(Cc1ncc(-c2ccc(-c3ccc4cc(-c5cnc(C6CC7(CC7)CN6C(=O)C(NC(=O)OC)C(C)C)[nH]5)ccc4c3)cc2)[nH]1)C1CCC(C)C1. The highest BCUT2D eigenvalue weighted by Gasteiger charge is 2.55. The molecule has 2 aliphatic carbocycles. The highest BCUT2D eigenvalue weighted by Crippen LogP contribution is 2.58. The largest absolute Gasteiger partial charge is 0.453 e. The summed E-state index contributed by atoms with van der Waals surface area (Å²) >= 11 is 0. The van der Waals surface area contributed by atoms with Crippen LogP contribution in [0.3, 0.4) is 0 Å². The van der Waals surface area contributed by atoms with Crippen LogP contribution >= 0.6 is 0 Å². The van der Waals surface area contributed by atoms with Crippen LogP contribution in [0.5, 0.6) is 0 Å². The molecule has 5 aromatic rings. The molecule has 2 aromatic heterocycles. The van der Waals surface area contributed by atoms with Crippen LogP contribution in [-0.4, -0.2) is 92.6 Å². The average molecular weight is 829 g/mol. The number of rotatable bonds is 12. The van der Waals surface area contributed by atoms with Crippen molar-refractivity contribution >= 4 is 34.8 Å². The molecule has 0 radical (unpaired) electrons. The number of amides is 4. The number of carbonyl (C=O) groups excluding carboxylic acids is 4. The van der Waals surface area contributed by atoms with E-state index in [1.165, 1.54) is 14.2 Å². The predicted octanol–water partition coefficient (Wildman–Crippen LogP) is 7.98. The molecule has 3 aliphatic rings. The second-order valence-corrected chi connectivity index (χ2v) is 17.7. The maximum atomic E-state index is 13.9. The Bertz CT molecular complexity index is 2420. The lowest BCUT2D eigenvalue weighted by Crippen LogP contribution is -2.51. The molecule has 4 N–H and O–H groups in total. The average Bonchev–Trinajstić information content (AvgIpc) is 3.75. The molecular weight excluding hydrogens is 773 g/mol. The van der Waals surface area contributed by atoms with Crippen LogP contribution in [0.1, 0.15) is 83.9 Å². The fourth-order valence-electron chi connectivity index (χ4n) is 9.18. The molecule has 5 unspecified atom stereocenters. The van der Waals surface area contributed by atoms with Gasteiger partial charge in [-0.05, 0) is 102 Å². The van der Waals surface area contributed by atoms with Gasteiger partial charge in [0.05, 0.1) is 50.6 Å². The van der Waals surface area contributed by atoms with E-state index in [0.29, 0.717) is 24.8 Å². The van der Waals surface area contributed by atoms with Gasteiger partial charge < -0.3 is 39.9 Å². The van der Waals surface area contributed by atoms with Gasteiger partial charge in [-0.1, -0.05) is 69.3 Å². The first-order chi connectivity index (χ1) is 29.3. The Hall–Kier alpha value is -6.18. The number of methoxy groups -OCH3 is 2. The number of imidazole rings is 2. The van der Waals surface area contributed by atoms with Gasteiger partial charge in [0.15, 0.2) is 0 Å². The predicted molar refractivity (Wildman–Crippen MR) is 232 cm³/mol. The molecule has 320 valence electrons. The van der Waals surface area contributed by atoms with Crippen molar-refractivity contribution in [1.82, 2.24) is 40.4 Å². The summed E-state index contributed by atoms with van der Waals surface area (Å²) in [5, 5.41) is 7.57. The standard InChI is InChI=1S/C47H56N8O6/c1-27(2)41(53-46(59)61-6)44(57)55-26-47(17-18-47)22-39(55)42-49-24-38(52-42)35-15-14-33-20-32(12-13-34(33)21-35)30-8-10-31(11-9-30)37-23-48-40(51-37)25-54(36-16-7-28(3)19-36)43(56)29(4)50-45(58)60-5/h8-15,20-21,23-24,27-29,36,39,41H,7,16-19,22,25-26H2,1-6H3,(H,48,51)(H,49,52)(H,50,58)(H,53,59). The first-order valence-corrected chi connectivity index (χ1v) is 21.4. The minimum Gasteiger partial charge on any atom is -0.453 e. The third-order valence-electron chi connectivity index (χ3n) is 13.0. The van der Waals surface area contributed by atoms with E-state index < -0.39 is 24.3 Å². The second-order valence-electron chi connectivity index (χ2n) is 17.7. The van der Waals surface area contributed by atoms with Crippen molar-refractivity contribution in [3.8, 4) is 33.6 Å². The Labute approximate surface area is 356 Å². The van der Waals surface area contributed by atoms with Crippen LogP contribution < -0.4 is 10.6 Å². The zero-order valence-corrected chi connectivity index (χ0v) is 35.8. The summed E-state index contributed by atoms with van der Waals surface area (Å²) in [7, 11) is 2.59. The highest BCUT2D eigenvalue weighted by molar-refractivity contribution is 5.91. The van der Waals surface area contributed by atoms with E-state index in [4.69, 9.17) is 14.5 Å². The summed E-state index contributed by atoms with van der Waals surface area (Å²) in [6.07, 6.45) is 8.30. The fraction of sp³-hybridized carbons (Fsp3) is 0.447. The summed E-state index contributed by atoms with van der Waals surface area (Å²) in [5.74, 6) is 1.60. The van der Waals surface area contributed by atoms with Gasteiger partial charge in [-0.25, -0.2) is 19.6 Å². The molecule has 61 heavy (non-hydrogen) atoms. The van der Waals surface area contributed by atoms with E-state index in [1.54, 1.807) is 13.1 Å². The molecule has 0 bridgehead atoms. The normalized spacial score (nSPS) is 20.1. The Morgan fingerprint density at radius 1 is 0.820 bits per heavy atom. The Balaban J connectivity index is 0.947. The highest BCUT2D eigenvalue weighted by atomic mass is 16.5. The van der Waals surface area contributed by atoms with Gasteiger partial charge in [-0.3, -0.25) is 9.59 Å². The molecule has 8 rings (SSSR count). The lowest BCUT2D eigenvalue weighted by molar-refractivity contribution is -0.136. The first kappa shape index (κ1) is 41.5. The van der Waals surface area contributed by atoms with Crippen LogP contribution in [-0.2, 0) is 25.6 Å². The molecule has 3 aromatic carbocycles. The minimum absolute atomic E-state index is 0.0773. The number of nitrogens with zero attached hydrogens (tertiary/aromatic N) is 4. The van der Waals surface area contributed by atoms with Crippen molar-refractivity contribution in [1.29, 1.82) is 0 Å². The van der Waals surface area contributed by atoms with E-state index >= 15 is 0 Å². The third kappa shape index (κ3) is 8.85. The maximum absolute atomic E-state index is 13.9. The van der Waals surface area contributed by atoms with Gasteiger partial charge in [0, 0.05) is 18.2 Å². The monoisotopic (exact) mass is 828 g/mol. The number of hydrogen-bond acceptors (Lipinski definition) is 8. The minimum atomic E-state index is -0.724. The van der Waals surface area contributed by atoms with E-state index in [0.717, 1.165) is 88.8 Å². The summed E-state index contributed by atoms with van der Waals surface area (Å²) < 4.78 is 9.55. The Kier molecular flexibility index (Phi) is 11.6. The fourth-order valence-corrected chi connectivity index (χ4v) is 9.18. The van der Waals surface area contributed by atoms with Gasteiger partial charge in [0.25, 0.3) is 0 Å². The van der Waals surface area contributed by atoms with Crippen molar-refractivity contribution in [2.24, 2.45) is 17.3 Å². The smallest absolute Gasteiger partial charge is 0.407 e. The van der Waals surface area contributed by atoms with Crippen LogP contribution in [0, 0.1) is 17.3 Å². The zero-order chi connectivity index (χ0) is 43.0. The van der Waals surface area contributed by atoms with Crippen LogP contribution in [0.25, 0.3) is 44.4 Å². The lowest BCUT2D eigenvalue weighted by atomic mass is 9.98. The maximum Gasteiger partial charge on any atom is 0.407 e. The molecule has 5 atom stereocenters. The van der Waals surface area contributed by atoms with Gasteiger partial charge in [-0.2, -0.15) is 0 Å². The summed E-state index contributed by atoms with van der Waals surface area (Å²) in [6.45, 7) is 8.71. The van der Waals surface area contributed by atoms with Crippen LogP contribution in [0.15, 0.2) is 73.1 Å². The van der Waals surface area contributed by atoms with Crippen LogP contribution in [0.2, 0.25) is 0 Å². The third-order valence-corrected chi connectivity index (χ3v) is 13.0.